The van der Waals surface area contributed by atoms with Crippen molar-refractivity contribution >= 4 is 0 Å². The van der Waals surface area contributed by atoms with E-state index in [2.05, 4.69) is 48.9 Å². The van der Waals surface area contributed by atoms with Crippen LogP contribution >= 0.6 is 0 Å². The molecule has 4 heteroatoms. The molecule has 0 atom stereocenters. The SMILES string of the molecule is CCCN1CCN(Cc2cc(CNC(C)C)c(C)o2)CC1. The summed E-state index contributed by atoms with van der Waals surface area (Å²) in [6.45, 7) is 16.4. The van der Waals surface area contributed by atoms with Gasteiger partial charge in [0, 0.05) is 44.3 Å². The zero-order valence-electron chi connectivity index (χ0n) is 14.1. The first-order valence-electron chi connectivity index (χ1n) is 8.34. The number of furan rings is 1. The van der Waals surface area contributed by atoms with Crippen molar-refractivity contribution in [2.45, 2.75) is 53.2 Å². The quantitative estimate of drug-likeness (QED) is 0.837. The maximum absolute atomic E-state index is 5.93. The Hall–Kier alpha value is -0.840. The first-order valence-corrected chi connectivity index (χ1v) is 8.34. The van der Waals surface area contributed by atoms with Gasteiger partial charge in [-0.25, -0.2) is 0 Å². The highest BCUT2D eigenvalue weighted by atomic mass is 16.3. The fraction of sp³-hybridized carbons (Fsp3) is 0.765. The van der Waals surface area contributed by atoms with E-state index in [-0.39, 0.29) is 0 Å². The molecule has 1 saturated heterocycles. The number of rotatable bonds is 7. The van der Waals surface area contributed by atoms with Gasteiger partial charge in [0.1, 0.15) is 11.5 Å². The molecule has 1 aliphatic heterocycles. The van der Waals surface area contributed by atoms with E-state index in [1.165, 1.54) is 31.6 Å². The Morgan fingerprint density at radius 2 is 1.86 bits per heavy atom. The fourth-order valence-corrected chi connectivity index (χ4v) is 2.86. The number of nitrogens with one attached hydrogen (secondary N) is 1. The molecule has 0 amide bonds. The van der Waals surface area contributed by atoms with Gasteiger partial charge in [0.05, 0.1) is 6.54 Å². The summed E-state index contributed by atoms with van der Waals surface area (Å²) in [6, 6.07) is 2.73. The van der Waals surface area contributed by atoms with E-state index in [9.17, 15) is 0 Å². The van der Waals surface area contributed by atoms with Crippen LogP contribution in [0.25, 0.3) is 0 Å². The number of hydrogen-bond donors (Lipinski definition) is 1. The van der Waals surface area contributed by atoms with Crippen LogP contribution < -0.4 is 5.32 Å². The van der Waals surface area contributed by atoms with Crippen molar-refractivity contribution in [2.24, 2.45) is 0 Å². The average molecular weight is 293 g/mol. The highest BCUT2D eigenvalue weighted by Gasteiger charge is 2.18. The molecular weight excluding hydrogens is 262 g/mol. The second-order valence-electron chi connectivity index (χ2n) is 6.45. The van der Waals surface area contributed by atoms with Crippen molar-refractivity contribution in [3.8, 4) is 0 Å². The Morgan fingerprint density at radius 1 is 1.19 bits per heavy atom. The van der Waals surface area contributed by atoms with Gasteiger partial charge >= 0.3 is 0 Å². The molecule has 120 valence electrons. The lowest BCUT2D eigenvalue weighted by Crippen LogP contribution is -2.45. The van der Waals surface area contributed by atoms with Gasteiger partial charge in [-0.15, -0.1) is 0 Å². The van der Waals surface area contributed by atoms with Crippen molar-refractivity contribution in [2.75, 3.05) is 32.7 Å². The van der Waals surface area contributed by atoms with Crippen molar-refractivity contribution in [1.82, 2.24) is 15.1 Å². The molecule has 2 heterocycles. The van der Waals surface area contributed by atoms with E-state index in [1.807, 2.05) is 0 Å². The van der Waals surface area contributed by atoms with Gasteiger partial charge in [0.2, 0.25) is 0 Å². The fourth-order valence-electron chi connectivity index (χ4n) is 2.86. The monoisotopic (exact) mass is 293 g/mol. The maximum atomic E-state index is 5.93. The second kappa shape index (κ2) is 7.97. The minimum atomic E-state index is 0.509. The smallest absolute Gasteiger partial charge is 0.118 e. The molecular formula is C17H31N3O. The molecule has 0 saturated carbocycles. The summed E-state index contributed by atoms with van der Waals surface area (Å²) < 4.78 is 5.93. The Morgan fingerprint density at radius 3 is 2.48 bits per heavy atom. The summed E-state index contributed by atoms with van der Waals surface area (Å²) in [4.78, 5) is 5.06. The van der Waals surface area contributed by atoms with E-state index in [0.717, 1.165) is 37.7 Å². The van der Waals surface area contributed by atoms with Gasteiger partial charge in [-0.3, -0.25) is 4.90 Å². The number of piperazine rings is 1. The maximum Gasteiger partial charge on any atom is 0.118 e. The summed E-state index contributed by atoms with van der Waals surface area (Å²) in [5, 5.41) is 3.46. The van der Waals surface area contributed by atoms with Crippen molar-refractivity contribution in [3.05, 3.63) is 23.2 Å². The molecule has 1 N–H and O–H groups in total. The van der Waals surface area contributed by atoms with E-state index < -0.39 is 0 Å². The van der Waals surface area contributed by atoms with Crippen LogP contribution in [-0.2, 0) is 13.1 Å². The molecule has 0 spiro atoms. The molecule has 0 radical (unpaired) electrons. The van der Waals surface area contributed by atoms with Crippen LogP contribution in [0, 0.1) is 6.92 Å². The summed E-state index contributed by atoms with van der Waals surface area (Å²) in [5.41, 5.74) is 1.29. The minimum absolute atomic E-state index is 0.509. The van der Waals surface area contributed by atoms with Crippen LogP contribution in [0.5, 0.6) is 0 Å². The zero-order chi connectivity index (χ0) is 15.2. The third kappa shape index (κ3) is 5.13. The third-order valence-electron chi connectivity index (χ3n) is 4.16. The van der Waals surface area contributed by atoms with Crippen LogP contribution in [0.15, 0.2) is 10.5 Å². The molecule has 21 heavy (non-hydrogen) atoms. The van der Waals surface area contributed by atoms with Crippen LogP contribution in [0.2, 0.25) is 0 Å². The van der Waals surface area contributed by atoms with E-state index in [4.69, 9.17) is 4.42 Å². The molecule has 1 fully saturated rings. The van der Waals surface area contributed by atoms with Crippen LogP contribution in [0.3, 0.4) is 0 Å². The topological polar surface area (TPSA) is 31.6 Å². The molecule has 0 bridgehead atoms. The molecule has 1 aromatic heterocycles. The van der Waals surface area contributed by atoms with E-state index in [0.29, 0.717) is 6.04 Å². The predicted molar refractivity (Wildman–Crippen MR) is 87.4 cm³/mol. The van der Waals surface area contributed by atoms with Crippen molar-refractivity contribution in [3.63, 3.8) is 0 Å². The Bertz CT molecular complexity index is 420. The van der Waals surface area contributed by atoms with Gasteiger partial charge in [0.25, 0.3) is 0 Å². The number of aryl methyl sites for hydroxylation is 1. The molecule has 0 unspecified atom stereocenters. The predicted octanol–water partition coefficient (Wildman–Crippen LogP) is 2.61. The molecule has 0 aromatic carbocycles. The van der Waals surface area contributed by atoms with E-state index in [1.54, 1.807) is 0 Å². The highest BCUT2D eigenvalue weighted by Crippen LogP contribution is 2.17. The summed E-state index contributed by atoms with van der Waals surface area (Å²) in [6.07, 6.45) is 1.25. The standard InChI is InChI=1S/C17H31N3O/c1-5-6-19-7-9-20(10-8-19)13-17-11-16(15(4)21-17)12-18-14(2)3/h11,14,18H,5-10,12-13H2,1-4H3. The van der Waals surface area contributed by atoms with Crippen LogP contribution in [0.1, 0.15) is 44.3 Å². The average Bonchev–Trinajstić information content (AvgIpc) is 2.79. The van der Waals surface area contributed by atoms with Crippen LogP contribution in [-0.4, -0.2) is 48.6 Å². The third-order valence-corrected chi connectivity index (χ3v) is 4.16. The Labute approximate surface area is 129 Å². The molecule has 2 rings (SSSR count). The van der Waals surface area contributed by atoms with E-state index >= 15 is 0 Å². The Kier molecular flexibility index (Phi) is 6.27. The Balaban J connectivity index is 1.82. The van der Waals surface area contributed by atoms with Crippen molar-refractivity contribution < 1.29 is 4.42 Å². The lowest BCUT2D eigenvalue weighted by atomic mass is 10.2. The molecule has 1 aliphatic rings. The van der Waals surface area contributed by atoms with Crippen molar-refractivity contribution in [1.29, 1.82) is 0 Å². The second-order valence-corrected chi connectivity index (χ2v) is 6.45. The summed E-state index contributed by atoms with van der Waals surface area (Å²) in [5.74, 6) is 2.17. The normalized spacial score (nSPS) is 17.8. The molecule has 4 nitrogen and oxygen atoms in total. The molecule has 0 aliphatic carbocycles. The molecule has 1 aromatic rings. The van der Waals surface area contributed by atoms with Gasteiger partial charge < -0.3 is 14.6 Å². The van der Waals surface area contributed by atoms with Crippen LogP contribution in [0.4, 0.5) is 0 Å². The zero-order valence-corrected chi connectivity index (χ0v) is 14.1. The minimum Gasteiger partial charge on any atom is -0.465 e. The lowest BCUT2D eigenvalue weighted by Gasteiger charge is -2.33. The van der Waals surface area contributed by atoms with Gasteiger partial charge in [0.15, 0.2) is 0 Å². The van der Waals surface area contributed by atoms with Gasteiger partial charge in [-0.1, -0.05) is 20.8 Å². The highest BCUT2D eigenvalue weighted by molar-refractivity contribution is 5.20. The summed E-state index contributed by atoms with van der Waals surface area (Å²) >= 11 is 0. The van der Waals surface area contributed by atoms with Gasteiger partial charge in [-0.05, 0) is 26.0 Å². The largest absolute Gasteiger partial charge is 0.465 e. The number of nitrogens with zero attached hydrogens (tertiary/aromatic N) is 2. The first kappa shape index (κ1) is 16.5. The lowest BCUT2D eigenvalue weighted by molar-refractivity contribution is 0.121. The first-order chi connectivity index (χ1) is 10.1. The summed E-state index contributed by atoms with van der Waals surface area (Å²) in [7, 11) is 0. The number of hydrogen-bond acceptors (Lipinski definition) is 4. The van der Waals surface area contributed by atoms with Gasteiger partial charge in [-0.2, -0.15) is 0 Å².